The third kappa shape index (κ3) is 2.56. The van der Waals surface area contributed by atoms with Crippen molar-refractivity contribution in [3.05, 3.63) is 0 Å². The number of amides is 1. The summed E-state index contributed by atoms with van der Waals surface area (Å²) >= 11 is 0. The molecular formula is C11H20N2O. The van der Waals surface area contributed by atoms with Gasteiger partial charge in [-0.3, -0.25) is 4.79 Å². The van der Waals surface area contributed by atoms with Crippen LogP contribution in [0.25, 0.3) is 0 Å². The number of hydrogen-bond donors (Lipinski definition) is 0. The summed E-state index contributed by atoms with van der Waals surface area (Å²) in [4.78, 5) is 11.6. The van der Waals surface area contributed by atoms with E-state index in [1.165, 1.54) is 0 Å². The van der Waals surface area contributed by atoms with E-state index in [1.54, 1.807) is 5.01 Å². The van der Waals surface area contributed by atoms with Crippen molar-refractivity contribution in [3.8, 4) is 0 Å². The van der Waals surface area contributed by atoms with Crippen LogP contribution in [0.15, 0.2) is 5.10 Å². The van der Waals surface area contributed by atoms with Crippen LogP contribution >= 0.6 is 0 Å². The van der Waals surface area contributed by atoms with E-state index in [2.05, 4.69) is 18.9 Å². The van der Waals surface area contributed by atoms with Crippen LogP contribution in [0.3, 0.4) is 0 Å². The predicted octanol–water partition coefficient (Wildman–Crippen LogP) is 2.42. The van der Waals surface area contributed by atoms with Gasteiger partial charge < -0.3 is 0 Å². The molecule has 0 atom stereocenters. The number of rotatable bonds is 2. The highest BCUT2D eigenvalue weighted by atomic mass is 16.2. The molecule has 14 heavy (non-hydrogen) atoms. The van der Waals surface area contributed by atoms with Gasteiger partial charge in [-0.15, -0.1) is 0 Å². The molecule has 1 rings (SSSR count). The van der Waals surface area contributed by atoms with Gasteiger partial charge in [-0.25, -0.2) is 5.01 Å². The lowest BCUT2D eigenvalue weighted by molar-refractivity contribution is -0.133. The predicted molar refractivity (Wildman–Crippen MR) is 58.1 cm³/mol. The van der Waals surface area contributed by atoms with Gasteiger partial charge in [0.05, 0.1) is 12.0 Å². The standard InChI is InChI=1S/C11H20N2O/c1-8(2)6-9-7-10(14)13(12-9)11(3,4)5/h8H,6-7H2,1-5H3. The third-order valence-corrected chi connectivity index (χ3v) is 2.11. The Morgan fingerprint density at radius 1 is 1.43 bits per heavy atom. The van der Waals surface area contributed by atoms with Crippen LogP contribution in [0, 0.1) is 5.92 Å². The summed E-state index contributed by atoms with van der Waals surface area (Å²) in [6.07, 6.45) is 1.44. The van der Waals surface area contributed by atoms with Gasteiger partial charge >= 0.3 is 0 Å². The highest BCUT2D eigenvalue weighted by molar-refractivity contribution is 6.05. The van der Waals surface area contributed by atoms with Crippen molar-refractivity contribution in [3.63, 3.8) is 0 Å². The van der Waals surface area contributed by atoms with Gasteiger partial charge in [0, 0.05) is 5.71 Å². The molecule has 1 aliphatic rings. The zero-order chi connectivity index (χ0) is 10.9. The van der Waals surface area contributed by atoms with Gasteiger partial charge in [0.1, 0.15) is 0 Å². The Balaban J connectivity index is 2.72. The normalized spacial score (nSPS) is 18.0. The van der Waals surface area contributed by atoms with Crippen LogP contribution in [0.1, 0.15) is 47.5 Å². The first-order valence-electron chi connectivity index (χ1n) is 5.20. The largest absolute Gasteiger partial charge is 0.273 e. The molecule has 0 saturated carbocycles. The monoisotopic (exact) mass is 196 g/mol. The Kier molecular flexibility index (Phi) is 2.98. The molecule has 0 aliphatic carbocycles. The van der Waals surface area contributed by atoms with Gasteiger partial charge in [-0.05, 0) is 33.1 Å². The molecule has 0 bridgehead atoms. The molecule has 0 unspecified atom stereocenters. The van der Waals surface area contributed by atoms with E-state index in [0.717, 1.165) is 12.1 Å². The molecule has 0 aromatic heterocycles. The minimum atomic E-state index is -0.185. The average molecular weight is 196 g/mol. The summed E-state index contributed by atoms with van der Waals surface area (Å²) in [7, 11) is 0. The quantitative estimate of drug-likeness (QED) is 0.667. The number of carbonyl (C=O) groups excluding carboxylic acids is 1. The first-order chi connectivity index (χ1) is 6.30. The smallest absolute Gasteiger partial charge is 0.248 e. The van der Waals surface area contributed by atoms with Crippen molar-refractivity contribution in [1.82, 2.24) is 5.01 Å². The molecule has 1 heterocycles. The Bertz CT molecular complexity index is 261. The summed E-state index contributed by atoms with van der Waals surface area (Å²) < 4.78 is 0. The molecule has 1 amide bonds. The van der Waals surface area contributed by atoms with Crippen molar-refractivity contribution >= 4 is 11.6 Å². The van der Waals surface area contributed by atoms with Gasteiger partial charge in [-0.2, -0.15) is 5.10 Å². The summed E-state index contributed by atoms with van der Waals surface area (Å²) in [6.45, 7) is 10.3. The molecule has 3 heteroatoms. The molecule has 3 nitrogen and oxygen atoms in total. The summed E-state index contributed by atoms with van der Waals surface area (Å²) in [5.74, 6) is 0.703. The van der Waals surface area contributed by atoms with Crippen LogP contribution in [-0.2, 0) is 4.79 Å². The number of hydrazone groups is 1. The minimum Gasteiger partial charge on any atom is -0.273 e. The maximum atomic E-state index is 11.6. The molecule has 0 N–H and O–H groups in total. The van der Waals surface area contributed by atoms with Crippen molar-refractivity contribution in [2.75, 3.05) is 0 Å². The molecular weight excluding hydrogens is 176 g/mol. The second-order valence-electron chi connectivity index (χ2n) is 5.32. The Labute approximate surface area is 86.2 Å². The van der Waals surface area contributed by atoms with Gasteiger partial charge in [0.2, 0.25) is 5.91 Å². The maximum absolute atomic E-state index is 11.6. The highest BCUT2D eigenvalue weighted by Gasteiger charge is 2.32. The Morgan fingerprint density at radius 2 is 2.00 bits per heavy atom. The van der Waals surface area contributed by atoms with Crippen molar-refractivity contribution in [2.24, 2.45) is 11.0 Å². The fourth-order valence-electron chi connectivity index (χ4n) is 1.59. The number of hydrogen-bond acceptors (Lipinski definition) is 2. The molecule has 0 aromatic carbocycles. The third-order valence-electron chi connectivity index (χ3n) is 2.11. The Morgan fingerprint density at radius 3 is 2.36 bits per heavy atom. The minimum absolute atomic E-state index is 0.133. The SMILES string of the molecule is CC(C)CC1=NN(C(C)(C)C)C(=O)C1. The van der Waals surface area contributed by atoms with E-state index in [9.17, 15) is 4.79 Å². The fraction of sp³-hybridized carbons (Fsp3) is 0.818. The van der Waals surface area contributed by atoms with Gasteiger partial charge in [-0.1, -0.05) is 13.8 Å². The lowest BCUT2D eigenvalue weighted by Crippen LogP contribution is -2.38. The molecule has 0 radical (unpaired) electrons. The first-order valence-corrected chi connectivity index (χ1v) is 5.20. The van der Waals surface area contributed by atoms with Crippen LogP contribution < -0.4 is 0 Å². The average Bonchev–Trinajstić information content (AvgIpc) is 2.27. The number of nitrogens with zero attached hydrogens (tertiary/aromatic N) is 2. The topological polar surface area (TPSA) is 32.7 Å². The molecule has 1 aliphatic heterocycles. The van der Waals surface area contributed by atoms with E-state index in [0.29, 0.717) is 12.3 Å². The summed E-state index contributed by atoms with van der Waals surface area (Å²) in [6, 6.07) is 0. The van der Waals surface area contributed by atoms with E-state index in [4.69, 9.17) is 0 Å². The molecule has 0 spiro atoms. The second kappa shape index (κ2) is 3.71. The zero-order valence-corrected chi connectivity index (χ0v) is 9.79. The second-order valence-corrected chi connectivity index (χ2v) is 5.32. The lowest BCUT2D eigenvalue weighted by atomic mass is 10.0. The van der Waals surface area contributed by atoms with Crippen LogP contribution in [0.5, 0.6) is 0 Å². The fourth-order valence-corrected chi connectivity index (χ4v) is 1.59. The first kappa shape index (κ1) is 11.2. The zero-order valence-electron chi connectivity index (χ0n) is 9.79. The van der Waals surface area contributed by atoms with Crippen molar-refractivity contribution in [2.45, 2.75) is 53.0 Å². The molecule has 0 aromatic rings. The highest BCUT2D eigenvalue weighted by Crippen LogP contribution is 2.22. The number of carbonyl (C=O) groups is 1. The van der Waals surface area contributed by atoms with Crippen molar-refractivity contribution in [1.29, 1.82) is 0 Å². The van der Waals surface area contributed by atoms with E-state index in [-0.39, 0.29) is 11.4 Å². The maximum Gasteiger partial charge on any atom is 0.248 e. The molecule has 0 saturated heterocycles. The van der Waals surface area contributed by atoms with Crippen LogP contribution in [-0.4, -0.2) is 22.2 Å². The van der Waals surface area contributed by atoms with Crippen LogP contribution in [0.2, 0.25) is 0 Å². The van der Waals surface area contributed by atoms with E-state index < -0.39 is 0 Å². The van der Waals surface area contributed by atoms with Crippen molar-refractivity contribution < 1.29 is 4.79 Å². The van der Waals surface area contributed by atoms with E-state index >= 15 is 0 Å². The summed E-state index contributed by atoms with van der Waals surface area (Å²) in [5.41, 5.74) is 0.843. The molecule has 80 valence electrons. The van der Waals surface area contributed by atoms with Gasteiger partial charge in [0.25, 0.3) is 0 Å². The Hall–Kier alpha value is -0.860. The van der Waals surface area contributed by atoms with E-state index in [1.807, 2.05) is 20.8 Å². The van der Waals surface area contributed by atoms with Gasteiger partial charge in [0.15, 0.2) is 0 Å². The molecule has 0 fully saturated rings. The van der Waals surface area contributed by atoms with Crippen LogP contribution in [0.4, 0.5) is 0 Å². The lowest BCUT2D eigenvalue weighted by Gasteiger charge is -2.27. The summed E-state index contributed by atoms with van der Waals surface area (Å²) in [5, 5.41) is 6.00.